The first kappa shape index (κ1) is 13.2. The summed E-state index contributed by atoms with van der Waals surface area (Å²) in [6.45, 7) is 0.582. The molecule has 0 amide bonds. The summed E-state index contributed by atoms with van der Waals surface area (Å²) in [6, 6.07) is 7.30. The summed E-state index contributed by atoms with van der Waals surface area (Å²) >= 11 is 6.16. The lowest BCUT2D eigenvalue weighted by atomic mass is 10.0. The van der Waals surface area contributed by atoms with Crippen LogP contribution in [0.5, 0.6) is 0 Å². The van der Waals surface area contributed by atoms with E-state index in [9.17, 15) is 5.11 Å². The molecular formula is C14H17ClN2O. The molecule has 96 valence electrons. The molecular weight excluding hydrogens is 248 g/mol. The van der Waals surface area contributed by atoms with Crippen LogP contribution in [0.4, 0.5) is 5.69 Å². The smallest absolute Gasteiger partial charge is 0.0992 e. The number of hydrogen-bond acceptors (Lipinski definition) is 3. The van der Waals surface area contributed by atoms with Crippen LogP contribution in [-0.2, 0) is 0 Å². The minimum atomic E-state index is -0.591. The van der Waals surface area contributed by atoms with E-state index in [2.05, 4.69) is 6.07 Å². The van der Waals surface area contributed by atoms with Crippen LogP contribution in [0.3, 0.4) is 0 Å². The molecule has 18 heavy (non-hydrogen) atoms. The first-order valence-electron chi connectivity index (χ1n) is 6.17. The van der Waals surface area contributed by atoms with E-state index >= 15 is 0 Å². The van der Waals surface area contributed by atoms with Crippen molar-refractivity contribution in [3.8, 4) is 6.07 Å². The van der Waals surface area contributed by atoms with Gasteiger partial charge in [-0.15, -0.1) is 0 Å². The van der Waals surface area contributed by atoms with Gasteiger partial charge < -0.3 is 10.0 Å². The molecule has 0 atom stereocenters. The van der Waals surface area contributed by atoms with Gasteiger partial charge in [-0.05, 0) is 31.0 Å². The summed E-state index contributed by atoms with van der Waals surface area (Å²) in [5.74, 6) is 0. The second-order valence-corrected chi connectivity index (χ2v) is 5.47. The van der Waals surface area contributed by atoms with Gasteiger partial charge in [0, 0.05) is 13.6 Å². The largest absolute Gasteiger partial charge is 0.388 e. The number of nitriles is 1. The zero-order valence-electron chi connectivity index (χ0n) is 10.5. The number of nitrogens with zero attached hydrogens (tertiary/aromatic N) is 2. The second-order valence-electron chi connectivity index (χ2n) is 5.07. The average molecular weight is 265 g/mol. The highest BCUT2D eigenvalue weighted by atomic mass is 35.5. The Labute approximate surface area is 113 Å². The maximum absolute atomic E-state index is 10.4. The van der Waals surface area contributed by atoms with E-state index in [1.54, 1.807) is 12.1 Å². The molecule has 0 aromatic heterocycles. The predicted molar refractivity (Wildman–Crippen MR) is 72.9 cm³/mol. The molecule has 2 rings (SSSR count). The van der Waals surface area contributed by atoms with Gasteiger partial charge in [-0.2, -0.15) is 5.26 Å². The third-order valence-electron chi connectivity index (χ3n) is 3.55. The van der Waals surface area contributed by atoms with E-state index in [0.717, 1.165) is 31.4 Å². The van der Waals surface area contributed by atoms with Crippen molar-refractivity contribution < 1.29 is 5.11 Å². The molecule has 0 saturated heterocycles. The summed E-state index contributed by atoms with van der Waals surface area (Å²) in [6.07, 6.45) is 3.88. The van der Waals surface area contributed by atoms with E-state index < -0.39 is 5.60 Å². The fourth-order valence-corrected chi connectivity index (χ4v) is 2.93. The predicted octanol–water partition coefficient (Wildman–Crippen LogP) is 2.95. The molecule has 1 N–H and O–H groups in total. The van der Waals surface area contributed by atoms with Crippen molar-refractivity contribution in [3.63, 3.8) is 0 Å². The highest BCUT2D eigenvalue weighted by Gasteiger charge is 2.32. The van der Waals surface area contributed by atoms with E-state index in [-0.39, 0.29) is 0 Å². The fourth-order valence-electron chi connectivity index (χ4n) is 2.60. The van der Waals surface area contributed by atoms with Crippen LogP contribution in [0, 0.1) is 11.3 Å². The van der Waals surface area contributed by atoms with E-state index in [4.69, 9.17) is 16.9 Å². The van der Waals surface area contributed by atoms with Crippen molar-refractivity contribution in [2.45, 2.75) is 31.3 Å². The normalized spacial score (nSPS) is 17.4. The van der Waals surface area contributed by atoms with Crippen LogP contribution in [0.2, 0.25) is 5.02 Å². The van der Waals surface area contributed by atoms with Crippen molar-refractivity contribution in [1.29, 1.82) is 5.26 Å². The quantitative estimate of drug-likeness (QED) is 0.913. The van der Waals surface area contributed by atoms with Gasteiger partial charge in [0.15, 0.2) is 0 Å². The molecule has 3 nitrogen and oxygen atoms in total. The number of hydrogen-bond donors (Lipinski definition) is 1. The van der Waals surface area contributed by atoms with Crippen LogP contribution in [0.25, 0.3) is 0 Å². The van der Waals surface area contributed by atoms with Gasteiger partial charge >= 0.3 is 0 Å². The van der Waals surface area contributed by atoms with Crippen LogP contribution in [0.15, 0.2) is 18.2 Å². The average Bonchev–Trinajstić information content (AvgIpc) is 2.75. The fraction of sp³-hybridized carbons (Fsp3) is 0.500. The number of benzene rings is 1. The number of halogens is 1. The van der Waals surface area contributed by atoms with Gasteiger partial charge in [0.05, 0.1) is 27.9 Å². The highest BCUT2D eigenvalue weighted by Crippen LogP contribution is 2.33. The van der Waals surface area contributed by atoms with Gasteiger partial charge in [-0.3, -0.25) is 0 Å². The minimum absolute atomic E-state index is 0.553. The third kappa shape index (κ3) is 2.77. The van der Waals surface area contributed by atoms with Crippen molar-refractivity contribution in [3.05, 3.63) is 28.8 Å². The zero-order valence-corrected chi connectivity index (χ0v) is 11.2. The van der Waals surface area contributed by atoms with Crippen LogP contribution in [-0.4, -0.2) is 24.3 Å². The van der Waals surface area contributed by atoms with Crippen molar-refractivity contribution in [1.82, 2.24) is 0 Å². The molecule has 1 aromatic rings. The molecule has 0 unspecified atom stereocenters. The van der Waals surface area contributed by atoms with Gasteiger partial charge in [0.1, 0.15) is 0 Å². The zero-order chi connectivity index (χ0) is 13.2. The number of aliphatic hydroxyl groups is 1. The Bertz CT molecular complexity index is 475. The molecule has 1 saturated carbocycles. The summed E-state index contributed by atoms with van der Waals surface area (Å²) in [5.41, 5.74) is 0.819. The SMILES string of the molecule is CN(CC1(O)CCCC1)c1ccc(C#N)cc1Cl. The minimum Gasteiger partial charge on any atom is -0.388 e. The number of rotatable bonds is 3. The lowest BCUT2D eigenvalue weighted by molar-refractivity contribution is 0.0559. The van der Waals surface area contributed by atoms with Gasteiger partial charge in [0.2, 0.25) is 0 Å². The molecule has 0 bridgehead atoms. The molecule has 0 spiro atoms. The molecule has 0 radical (unpaired) electrons. The number of likely N-dealkylation sites (N-methyl/N-ethyl adjacent to an activating group) is 1. The van der Waals surface area contributed by atoms with Crippen LogP contribution >= 0.6 is 11.6 Å². The lowest BCUT2D eigenvalue weighted by Crippen LogP contribution is -2.39. The van der Waals surface area contributed by atoms with Gasteiger partial charge in [-0.1, -0.05) is 24.4 Å². The first-order chi connectivity index (χ1) is 8.54. The maximum Gasteiger partial charge on any atom is 0.0992 e. The summed E-state index contributed by atoms with van der Waals surface area (Å²) in [4.78, 5) is 1.97. The third-order valence-corrected chi connectivity index (χ3v) is 3.86. The Morgan fingerprint density at radius 3 is 2.67 bits per heavy atom. The molecule has 1 fully saturated rings. The van der Waals surface area contributed by atoms with Crippen molar-refractivity contribution in [2.24, 2.45) is 0 Å². The van der Waals surface area contributed by atoms with E-state index in [1.165, 1.54) is 0 Å². The Balaban J connectivity index is 2.14. The van der Waals surface area contributed by atoms with E-state index in [1.807, 2.05) is 18.0 Å². The summed E-state index contributed by atoms with van der Waals surface area (Å²) in [5, 5.41) is 19.7. The maximum atomic E-state index is 10.4. The first-order valence-corrected chi connectivity index (χ1v) is 6.55. The molecule has 0 heterocycles. The van der Waals surface area contributed by atoms with Crippen LogP contribution < -0.4 is 4.90 Å². The Morgan fingerprint density at radius 1 is 1.44 bits per heavy atom. The Hall–Kier alpha value is -1.24. The molecule has 1 aromatic carbocycles. The molecule has 1 aliphatic rings. The van der Waals surface area contributed by atoms with Crippen molar-refractivity contribution in [2.75, 3.05) is 18.5 Å². The lowest BCUT2D eigenvalue weighted by Gasteiger charge is -2.30. The highest BCUT2D eigenvalue weighted by molar-refractivity contribution is 6.33. The van der Waals surface area contributed by atoms with E-state index in [0.29, 0.717) is 17.1 Å². The summed E-state index contributed by atoms with van der Waals surface area (Å²) in [7, 11) is 1.92. The monoisotopic (exact) mass is 264 g/mol. The summed E-state index contributed by atoms with van der Waals surface area (Å²) < 4.78 is 0. The molecule has 4 heteroatoms. The van der Waals surface area contributed by atoms with Gasteiger partial charge in [0.25, 0.3) is 0 Å². The Morgan fingerprint density at radius 2 is 2.11 bits per heavy atom. The topological polar surface area (TPSA) is 47.3 Å². The number of anilines is 1. The Kier molecular flexibility index (Phi) is 3.79. The van der Waals surface area contributed by atoms with Crippen molar-refractivity contribution >= 4 is 17.3 Å². The van der Waals surface area contributed by atoms with Gasteiger partial charge in [-0.25, -0.2) is 0 Å². The molecule has 0 aliphatic heterocycles. The standard InChI is InChI=1S/C14H17ClN2O/c1-17(10-14(18)6-2-3-7-14)13-5-4-11(9-16)8-12(13)15/h4-5,8,18H,2-3,6-7,10H2,1H3. The molecule has 1 aliphatic carbocycles. The second kappa shape index (κ2) is 5.17. The van der Waals surface area contributed by atoms with Crippen LogP contribution in [0.1, 0.15) is 31.2 Å².